The minimum atomic E-state index is -1.33. The minimum Gasteiger partial charge on any atom is -0.477 e. The highest BCUT2D eigenvalue weighted by Gasteiger charge is 2.35. The van der Waals surface area contributed by atoms with Crippen molar-refractivity contribution in [3.8, 4) is 5.75 Å². The largest absolute Gasteiger partial charge is 0.477 e. The fourth-order valence-electron chi connectivity index (χ4n) is 4.66. The minimum absolute atomic E-state index is 0.0159. The second-order valence-corrected chi connectivity index (χ2v) is 7.66. The summed E-state index contributed by atoms with van der Waals surface area (Å²) in [5.74, 6) is -1.57. The van der Waals surface area contributed by atoms with Crippen LogP contribution < -0.4 is 20.1 Å². The number of carboxylic acids is 1. The van der Waals surface area contributed by atoms with E-state index in [1.807, 2.05) is 4.90 Å². The fourth-order valence-corrected chi connectivity index (χ4v) is 4.66. The molecule has 1 N–H and O–H groups in total. The highest BCUT2D eigenvalue weighted by atomic mass is 19.1. The first-order valence-electron chi connectivity index (χ1n) is 9.44. The topological polar surface area (TPSA) is 78.2 Å². The van der Waals surface area contributed by atoms with Gasteiger partial charge in [-0.2, -0.15) is 0 Å². The highest BCUT2D eigenvalue weighted by molar-refractivity contribution is 5.97. The lowest BCUT2D eigenvalue weighted by atomic mass is 10.1. The molecule has 4 heterocycles. The van der Waals surface area contributed by atoms with Crippen LogP contribution in [0.2, 0.25) is 0 Å². The third-order valence-corrected chi connectivity index (χ3v) is 6.05. The zero-order valence-corrected chi connectivity index (χ0v) is 15.5. The molecule has 1 aromatic heterocycles. The van der Waals surface area contributed by atoms with Crippen LogP contribution in [-0.2, 0) is 0 Å². The average Bonchev–Trinajstić information content (AvgIpc) is 3.13. The Hall–Kier alpha value is -2.81. The second-order valence-electron chi connectivity index (χ2n) is 7.66. The van der Waals surface area contributed by atoms with Gasteiger partial charge in [0.1, 0.15) is 16.8 Å². The van der Waals surface area contributed by atoms with E-state index in [9.17, 15) is 14.7 Å². The summed E-state index contributed by atoms with van der Waals surface area (Å²) in [6.45, 7) is 3.48. The Morgan fingerprint density at radius 1 is 1.32 bits per heavy atom. The molecule has 3 aliphatic heterocycles. The molecule has 0 spiro atoms. The highest BCUT2D eigenvalue weighted by Crippen LogP contribution is 2.41. The molecule has 2 saturated heterocycles. The molecule has 0 aliphatic carbocycles. The summed E-state index contributed by atoms with van der Waals surface area (Å²) in [6, 6.07) is 1.56. The van der Waals surface area contributed by atoms with Crippen LogP contribution in [0.25, 0.3) is 10.9 Å². The SMILES string of the molecule is CN1COc2c(N3CCN4CCCC4C3)c(F)cc3c(=O)c(C(=O)O)cn1c23. The summed E-state index contributed by atoms with van der Waals surface area (Å²) in [7, 11) is 1.72. The molecule has 0 radical (unpaired) electrons. The molecule has 2 aromatic rings. The number of aromatic carboxylic acids is 1. The molecule has 2 fully saturated rings. The Kier molecular flexibility index (Phi) is 3.77. The molecule has 0 bridgehead atoms. The van der Waals surface area contributed by atoms with Gasteiger partial charge in [-0.1, -0.05) is 0 Å². The summed E-state index contributed by atoms with van der Waals surface area (Å²) in [5.41, 5.74) is -0.318. The van der Waals surface area contributed by atoms with Gasteiger partial charge in [-0.05, 0) is 25.5 Å². The van der Waals surface area contributed by atoms with Crippen LogP contribution in [-0.4, -0.2) is 66.7 Å². The van der Waals surface area contributed by atoms with E-state index in [0.29, 0.717) is 36.1 Å². The van der Waals surface area contributed by atoms with E-state index >= 15 is 4.39 Å². The third-order valence-electron chi connectivity index (χ3n) is 6.05. The monoisotopic (exact) mass is 388 g/mol. The number of carboxylic acid groups (broad SMARTS) is 1. The van der Waals surface area contributed by atoms with Crippen molar-refractivity contribution in [3.63, 3.8) is 0 Å². The van der Waals surface area contributed by atoms with Crippen LogP contribution in [0.3, 0.4) is 0 Å². The molecule has 1 atom stereocenters. The number of ether oxygens (including phenoxy) is 1. The summed E-state index contributed by atoms with van der Waals surface area (Å²) >= 11 is 0. The van der Waals surface area contributed by atoms with Crippen molar-refractivity contribution in [3.05, 3.63) is 33.9 Å². The van der Waals surface area contributed by atoms with Crippen LogP contribution in [0.1, 0.15) is 23.2 Å². The number of hydrogen-bond acceptors (Lipinski definition) is 6. The van der Waals surface area contributed by atoms with Crippen molar-refractivity contribution >= 4 is 22.6 Å². The van der Waals surface area contributed by atoms with E-state index in [4.69, 9.17) is 4.74 Å². The van der Waals surface area contributed by atoms with Crippen molar-refractivity contribution < 1.29 is 19.0 Å². The maximum Gasteiger partial charge on any atom is 0.341 e. The Bertz CT molecular complexity index is 1050. The number of benzene rings is 1. The number of anilines is 1. The first-order valence-corrected chi connectivity index (χ1v) is 9.44. The van der Waals surface area contributed by atoms with Gasteiger partial charge in [-0.25, -0.2) is 9.18 Å². The van der Waals surface area contributed by atoms with Crippen molar-refractivity contribution in [2.75, 3.05) is 49.9 Å². The summed E-state index contributed by atoms with van der Waals surface area (Å²) in [6.07, 6.45) is 3.54. The Morgan fingerprint density at radius 2 is 2.14 bits per heavy atom. The van der Waals surface area contributed by atoms with Crippen LogP contribution in [0, 0.1) is 5.82 Å². The number of nitrogens with zero attached hydrogens (tertiary/aromatic N) is 4. The number of hydrogen-bond donors (Lipinski definition) is 1. The molecule has 1 aromatic carbocycles. The zero-order chi connectivity index (χ0) is 19.6. The Balaban J connectivity index is 1.72. The number of rotatable bonds is 2. The molecule has 148 valence electrons. The van der Waals surface area contributed by atoms with Gasteiger partial charge < -0.3 is 14.7 Å². The standard InChI is InChI=1S/C19H21FN4O4/c1-21-10-28-18-15-12(17(25)13(19(26)27)9-24(15)21)7-14(20)16(18)23-6-5-22-4-2-3-11(22)8-23/h7,9,11H,2-6,8,10H2,1H3,(H,26,27). The molecule has 28 heavy (non-hydrogen) atoms. The first kappa shape index (κ1) is 17.3. The molecule has 1 unspecified atom stereocenters. The van der Waals surface area contributed by atoms with Crippen molar-refractivity contribution in [1.82, 2.24) is 9.58 Å². The van der Waals surface area contributed by atoms with Crippen molar-refractivity contribution in [2.24, 2.45) is 0 Å². The smallest absolute Gasteiger partial charge is 0.341 e. The van der Waals surface area contributed by atoms with E-state index < -0.39 is 17.2 Å². The zero-order valence-electron chi connectivity index (χ0n) is 15.5. The number of aromatic nitrogens is 1. The molecule has 3 aliphatic rings. The quantitative estimate of drug-likeness (QED) is 0.824. The van der Waals surface area contributed by atoms with Gasteiger partial charge in [0.15, 0.2) is 18.3 Å². The fraction of sp³-hybridized carbons (Fsp3) is 0.474. The molecule has 9 heteroatoms. The summed E-state index contributed by atoms with van der Waals surface area (Å²) < 4.78 is 22.7. The lowest BCUT2D eigenvalue weighted by Gasteiger charge is -2.40. The van der Waals surface area contributed by atoms with Crippen LogP contribution in [0.15, 0.2) is 17.1 Å². The Labute approximate surface area is 160 Å². The van der Waals surface area contributed by atoms with E-state index in [1.165, 1.54) is 6.20 Å². The predicted molar refractivity (Wildman–Crippen MR) is 102 cm³/mol. The van der Waals surface area contributed by atoms with Gasteiger partial charge in [-0.15, -0.1) is 0 Å². The van der Waals surface area contributed by atoms with E-state index in [0.717, 1.165) is 32.0 Å². The Morgan fingerprint density at radius 3 is 2.93 bits per heavy atom. The van der Waals surface area contributed by atoms with Gasteiger partial charge >= 0.3 is 5.97 Å². The molecular formula is C19H21FN4O4. The number of halogens is 1. The third kappa shape index (κ3) is 2.39. The molecule has 0 amide bonds. The van der Waals surface area contributed by atoms with Crippen molar-refractivity contribution in [1.29, 1.82) is 0 Å². The lowest BCUT2D eigenvalue weighted by Crippen LogP contribution is -2.50. The van der Waals surface area contributed by atoms with Gasteiger partial charge in [-0.3, -0.25) is 19.4 Å². The molecule has 5 rings (SSSR count). The number of piperazine rings is 1. The number of fused-ring (bicyclic) bond motifs is 1. The summed E-state index contributed by atoms with van der Waals surface area (Å²) in [4.78, 5) is 28.6. The molecule has 0 saturated carbocycles. The normalized spacial score (nSPS) is 21.7. The van der Waals surface area contributed by atoms with Crippen LogP contribution in [0.4, 0.5) is 10.1 Å². The molecular weight excluding hydrogens is 367 g/mol. The predicted octanol–water partition coefficient (Wildman–Crippen LogP) is 1.04. The number of pyridine rings is 1. The maximum absolute atomic E-state index is 15.2. The van der Waals surface area contributed by atoms with Gasteiger partial charge in [0.2, 0.25) is 5.43 Å². The number of carbonyl (C=O) groups is 1. The van der Waals surface area contributed by atoms with Crippen LogP contribution >= 0.6 is 0 Å². The van der Waals surface area contributed by atoms with Gasteiger partial charge in [0.05, 0.1) is 5.39 Å². The van der Waals surface area contributed by atoms with E-state index in [1.54, 1.807) is 16.7 Å². The van der Waals surface area contributed by atoms with E-state index in [2.05, 4.69) is 4.90 Å². The van der Waals surface area contributed by atoms with E-state index in [-0.39, 0.29) is 17.7 Å². The van der Waals surface area contributed by atoms with Crippen LogP contribution in [0.5, 0.6) is 5.75 Å². The second kappa shape index (κ2) is 6.10. The van der Waals surface area contributed by atoms with Gasteiger partial charge in [0.25, 0.3) is 0 Å². The summed E-state index contributed by atoms with van der Waals surface area (Å²) in [5, 5.41) is 11.0. The lowest BCUT2D eigenvalue weighted by molar-refractivity contribution is 0.0694. The molecule has 8 nitrogen and oxygen atoms in total. The van der Waals surface area contributed by atoms with Gasteiger partial charge in [0, 0.05) is 38.9 Å². The first-order chi connectivity index (χ1) is 13.5. The maximum atomic E-state index is 15.2. The van der Waals surface area contributed by atoms with Crippen molar-refractivity contribution in [2.45, 2.75) is 18.9 Å². The average molecular weight is 388 g/mol.